The zero-order valence-electron chi connectivity index (χ0n) is 24.7. The molecular weight excluding hydrogens is 504 g/mol. The highest BCUT2D eigenvalue weighted by molar-refractivity contribution is 6.92. The normalized spacial score (nSPS) is 18.8. The molecule has 1 aliphatic rings. The molecule has 2 aromatic rings. The van der Waals surface area contributed by atoms with Crippen molar-refractivity contribution in [3.8, 4) is 0 Å². The van der Waals surface area contributed by atoms with Crippen LogP contribution in [0.1, 0.15) is 71.2 Å². The lowest BCUT2D eigenvalue weighted by molar-refractivity contribution is -0.163. The fraction of sp³-hybridized carbons (Fsp3) is 0.531. The lowest BCUT2D eigenvalue weighted by atomic mass is 10.1. The fourth-order valence-corrected chi connectivity index (χ4v) is 10.5. The third-order valence-electron chi connectivity index (χ3n) is 7.62. The Hall–Kier alpha value is -2.93. The largest absolute Gasteiger partial charge is 0.458 e. The number of carbonyl (C=O) groups excluding carboxylic acids is 3. The lowest BCUT2D eigenvalue weighted by Gasteiger charge is -2.40. The molecule has 2 aromatic carbocycles. The molecule has 1 aliphatic heterocycles. The highest BCUT2D eigenvalue weighted by Crippen LogP contribution is 2.29. The van der Waals surface area contributed by atoms with E-state index in [0.29, 0.717) is 30.5 Å². The highest BCUT2D eigenvalue weighted by Gasteiger charge is 2.44. The van der Waals surface area contributed by atoms with Gasteiger partial charge in [-0.1, -0.05) is 81.0 Å². The summed E-state index contributed by atoms with van der Waals surface area (Å²) in [7, 11) is -2.47. The zero-order chi connectivity index (χ0) is 28.8. The van der Waals surface area contributed by atoms with E-state index in [1.165, 1.54) is 5.19 Å². The Bertz CT molecular complexity index is 1120. The minimum atomic E-state index is -2.47. The molecular formula is C32H46N2O4Si. The van der Waals surface area contributed by atoms with Crippen LogP contribution in [0, 0.1) is 11.8 Å². The maximum absolute atomic E-state index is 13.9. The van der Waals surface area contributed by atoms with Gasteiger partial charge in [-0.15, -0.1) is 0 Å². The molecule has 1 saturated heterocycles. The van der Waals surface area contributed by atoms with Gasteiger partial charge in [0, 0.05) is 23.7 Å². The van der Waals surface area contributed by atoms with Gasteiger partial charge >= 0.3 is 5.97 Å². The average Bonchev–Trinajstić information content (AvgIpc) is 3.38. The van der Waals surface area contributed by atoms with Crippen LogP contribution in [0.25, 0.3) is 0 Å². The van der Waals surface area contributed by atoms with Crippen molar-refractivity contribution in [2.75, 3.05) is 6.54 Å². The van der Waals surface area contributed by atoms with E-state index in [2.05, 4.69) is 37.8 Å². The number of hydrogen-bond donors (Lipinski definition) is 1. The number of rotatable bonds is 10. The molecule has 0 saturated carbocycles. The number of nitrogens with zero attached hydrogens (tertiary/aromatic N) is 1. The quantitative estimate of drug-likeness (QED) is 0.321. The van der Waals surface area contributed by atoms with Crippen LogP contribution in [0.15, 0.2) is 60.7 Å². The second kappa shape index (κ2) is 12.9. The van der Waals surface area contributed by atoms with E-state index >= 15 is 0 Å². The van der Waals surface area contributed by atoms with Gasteiger partial charge < -0.3 is 15.0 Å². The number of ether oxygens (including phenoxy) is 1. The third kappa shape index (κ3) is 8.04. The van der Waals surface area contributed by atoms with Gasteiger partial charge in [-0.25, -0.2) is 4.79 Å². The van der Waals surface area contributed by atoms with Gasteiger partial charge in [-0.2, -0.15) is 0 Å². The summed E-state index contributed by atoms with van der Waals surface area (Å²) >= 11 is 0. The zero-order valence-corrected chi connectivity index (χ0v) is 25.7. The van der Waals surface area contributed by atoms with Crippen molar-refractivity contribution in [1.82, 2.24) is 10.2 Å². The number of amides is 2. The van der Waals surface area contributed by atoms with Crippen molar-refractivity contribution in [1.29, 1.82) is 0 Å². The number of carbonyl (C=O) groups is 3. The van der Waals surface area contributed by atoms with Crippen LogP contribution in [-0.2, 0) is 14.3 Å². The summed E-state index contributed by atoms with van der Waals surface area (Å²) in [6, 6.07) is 19.8. The van der Waals surface area contributed by atoms with Crippen LogP contribution < -0.4 is 10.5 Å². The SMILES string of the molecule is CC(C)CC(NC(=O)c1ccccc1)[Si](C)(CC(C)C(=O)N1CCC[C@H]1C(=O)OC(C)(C)C)c1ccccc1. The summed E-state index contributed by atoms with van der Waals surface area (Å²) in [5, 5.41) is 4.61. The van der Waals surface area contributed by atoms with Gasteiger partial charge in [0.15, 0.2) is 0 Å². The first-order chi connectivity index (χ1) is 18.3. The summed E-state index contributed by atoms with van der Waals surface area (Å²) in [4.78, 5) is 41.9. The second-order valence-electron chi connectivity index (χ2n) is 12.6. The number of nitrogens with one attached hydrogen (secondary N) is 1. The van der Waals surface area contributed by atoms with E-state index in [0.717, 1.165) is 12.8 Å². The molecule has 0 radical (unpaired) electrons. The Morgan fingerprint density at radius 1 is 1.00 bits per heavy atom. The molecule has 6 nitrogen and oxygen atoms in total. The van der Waals surface area contributed by atoms with Crippen molar-refractivity contribution < 1.29 is 19.1 Å². The van der Waals surface area contributed by atoms with Crippen molar-refractivity contribution >= 4 is 31.0 Å². The smallest absolute Gasteiger partial charge is 0.329 e. The van der Waals surface area contributed by atoms with Gasteiger partial charge in [0.1, 0.15) is 19.7 Å². The Morgan fingerprint density at radius 2 is 1.59 bits per heavy atom. The summed E-state index contributed by atoms with van der Waals surface area (Å²) in [5.41, 5.74) is -0.0278. The molecule has 212 valence electrons. The topological polar surface area (TPSA) is 75.7 Å². The minimum absolute atomic E-state index is 0.00398. The van der Waals surface area contributed by atoms with Gasteiger partial charge in [0.2, 0.25) is 5.91 Å². The number of hydrogen-bond acceptors (Lipinski definition) is 4. The Kier molecular flexibility index (Phi) is 10.2. The van der Waals surface area contributed by atoms with E-state index in [-0.39, 0.29) is 29.4 Å². The Morgan fingerprint density at radius 3 is 2.15 bits per heavy atom. The summed E-state index contributed by atoms with van der Waals surface area (Å²) in [6.07, 6.45) is 2.24. The Labute approximate surface area is 235 Å². The van der Waals surface area contributed by atoms with Gasteiger partial charge in [-0.3, -0.25) is 9.59 Å². The van der Waals surface area contributed by atoms with Crippen molar-refractivity contribution in [2.45, 2.75) is 90.7 Å². The predicted octanol–water partition coefficient (Wildman–Crippen LogP) is 5.32. The molecule has 3 unspecified atom stereocenters. The second-order valence-corrected chi connectivity index (χ2v) is 17.2. The molecule has 0 spiro atoms. The van der Waals surface area contributed by atoms with E-state index in [4.69, 9.17) is 4.74 Å². The average molecular weight is 551 g/mol. The summed E-state index contributed by atoms with van der Waals surface area (Å²) < 4.78 is 5.65. The van der Waals surface area contributed by atoms with Crippen LogP contribution in [0.3, 0.4) is 0 Å². The van der Waals surface area contributed by atoms with Gasteiger partial charge in [0.25, 0.3) is 5.91 Å². The first-order valence-corrected chi connectivity index (χ1v) is 17.0. The Balaban J connectivity index is 1.90. The molecule has 4 atom stereocenters. The molecule has 7 heteroatoms. The summed E-state index contributed by atoms with van der Waals surface area (Å²) in [6.45, 7) is 14.7. The number of likely N-dealkylation sites (tertiary alicyclic amines) is 1. The van der Waals surface area contributed by atoms with Crippen LogP contribution >= 0.6 is 0 Å². The minimum Gasteiger partial charge on any atom is -0.458 e. The molecule has 0 aliphatic carbocycles. The first-order valence-electron chi connectivity index (χ1n) is 14.3. The molecule has 1 fully saturated rings. The van der Waals surface area contributed by atoms with Crippen LogP contribution in [0.2, 0.25) is 12.6 Å². The maximum atomic E-state index is 13.9. The lowest BCUT2D eigenvalue weighted by Crippen LogP contribution is -2.63. The molecule has 39 heavy (non-hydrogen) atoms. The first kappa shape index (κ1) is 30.6. The van der Waals surface area contributed by atoms with Gasteiger partial charge in [-0.05, 0) is 64.1 Å². The molecule has 3 rings (SSSR count). The molecule has 1 heterocycles. The maximum Gasteiger partial charge on any atom is 0.329 e. The van der Waals surface area contributed by atoms with Crippen molar-refractivity contribution in [3.63, 3.8) is 0 Å². The third-order valence-corrected chi connectivity index (χ3v) is 12.6. The van der Waals surface area contributed by atoms with Crippen molar-refractivity contribution in [2.24, 2.45) is 11.8 Å². The number of benzene rings is 2. The van der Waals surface area contributed by atoms with E-state index in [1.54, 1.807) is 4.90 Å². The molecule has 0 aromatic heterocycles. The van der Waals surface area contributed by atoms with Crippen LogP contribution in [-0.4, -0.2) is 54.6 Å². The molecule has 0 bridgehead atoms. The summed E-state index contributed by atoms with van der Waals surface area (Å²) in [5.74, 6) is -0.345. The molecule has 1 N–H and O–H groups in total. The molecule has 2 amide bonds. The van der Waals surface area contributed by atoms with E-state index in [1.807, 2.05) is 76.2 Å². The monoisotopic (exact) mass is 550 g/mol. The van der Waals surface area contributed by atoms with Crippen molar-refractivity contribution in [3.05, 3.63) is 66.2 Å². The van der Waals surface area contributed by atoms with Crippen LogP contribution in [0.5, 0.6) is 0 Å². The fourth-order valence-electron chi connectivity index (χ4n) is 5.71. The standard InChI is InChI=1S/C32H46N2O4Si/c1-23(2)21-28(33-29(35)25-15-10-8-11-16-25)39(7,26-17-12-9-13-18-26)22-24(3)30(36)34-20-14-19-27(34)31(37)38-32(4,5)6/h8-13,15-18,23-24,27-28H,14,19-22H2,1-7H3,(H,33,35)/t24?,27-,28?,39?/m0/s1. The van der Waals surface area contributed by atoms with E-state index < -0.39 is 19.7 Å². The predicted molar refractivity (Wildman–Crippen MR) is 159 cm³/mol. The van der Waals surface area contributed by atoms with Gasteiger partial charge in [0.05, 0.1) is 0 Å². The number of esters is 1. The van der Waals surface area contributed by atoms with E-state index in [9.17, 15) is 14.4 Å². The highest BCUT2D eigenvalue weighted by atomic mass is 28.3. The van der Waals surface area contributed by atoms with Crippen LogP contribution in [0.4, 0.5) is 0 Å².